The minimum Gasteiger partial charge on any atom is -0.472 e. The number of nitrogens with zero attached hydrogens (tertiary/aromatic N) is 3. The minimum absolute atomic E-state index is 0.161. The van der Waals surface area contributed by atoms with Crippen LogP contribution in [0, 0.1) is 0 Å². The summed E-state index contributed by atoms with van der Waals surface area (Å²) in [5.74, 6) is 0.680. The van der Waals surface area contributed by atoms with Gasteiger partial charge < -0.3 is 4.74 Å². The lowest BCUT2D eigenvalue weighted by atomic mass is 10.1. The van der Waals surface area contributed by atoms with Gasteiger partial charge in [-0.15, -0.1) is 0 Å². The molecule has 0 N–H and O–H groups in total. The molecule has 0 saturated carbocycles. The molecular formula is C17H22BrN3O. The summed E-state index contributed by atoms with van der Waals surface area (Å²) >= 11 is 3.51. The number of fused-ring (bicyclic) bond motifs is 1. The van der Waals surface area contributed by atoms with Crippen LogP contribution in [0.1, 0.15) is 34.1 Å². The van der Waals surface area contributed by atoms with Gasteiger partial charge in [0.15, 0.2) is 0 Å². The molecule has 0 spiro atoms. The molecule has 0 radical (unpaired) electrons. The van der Waals surface area contributed by atoms with E-state index in [1.54, 1.807) is 6.33 Å². The van der Waals surface area contributed by atoms with Crippen molar-refractivity contribution in [3.63, 3.8) is 0 Å². The van der Waals surface area contributed by atoms with Gasteiger partial charge in [-0.1, -0.05) is 15.9 Å². The Balaban J connectivity index is 1.84. The lowest BCUT2D eigenvalue weighted by Crippen LogP contribution is -2.44. The van der Waals surface area contributed by atoms with Gasteiger partial charge in [0.2, 0.25) is 5.88 Å². The van der Waals surface area contributed by atoms with Crippen LogP contribution in [-0.4, -0.2) is 39.1 Å². The Hall–Kier alpha value is -1.20. The Morgan fingerprint density at radius 1 is 1.27 bits per heavy atom. The van der Waals surface area contributed by atoms with Gasteiger partial charge in [-0.05, 0) is 45.9 Å². The largest absolute Gasteiger partial charge is 0.472 e. The molecule has 118 valence electrons. The number of rotatable bonds is 2. The van der Waals surface area contributed by atoms with Crippen LogP contribution in [0.5, 0.6) is 5.88 Å². The molecule has 2 aromatic rings. The van der Waals surface area contributed by atoms with Crippen molar-refractivity contribution in [3.8, 4) is 5.88 Å². The molecule has 0 unspecified atom stereocenters. The van der Waals surface area contributed by atoms with E-state index < -0.39 is 0 Å². The van der Waals surface area contributed by atoms with Gasteiger partial charge in [0.05, 0.1) is 10.9 Å². The normalized spacial score (nSPS) is 23.1. The molecule has 22 heavy (non-hydrogen) atoms. The number of hydrogen-bond donors (Lipinski definition) is 0. The highest BCUT2D eigenvalue weighted by molar-refractivity contribution is 9.10. The fourth-order valence-electron chi connectivity index (χ4n) is 3.26. The third-order valence-corrected chi connectivity index (χ3v) is 4.73. The van der Waals surface area contributed by atoms with Crippen molar-refractivity contribution in [2.24, 2.45) is 0 Å². The van der Waals surface area contributed by atoms with Crippen molar-refractivity contribution in [1.29, 1.82) is 0 Å². The number of aromatic nitrogens is 2. The third kappa shape index (κ3) is 3.10. The molecule has 5 heteroatoms. The van der Waals surface area contributed by atoms with E-state index in [2.05, 4.69) is 58.5 Å². The van der Waals surface area contributed by atoms with Gasteiger partial charge >= 0.3 is 0 Å². The highest BCUT2D eigenvalue weighted by Crippen LogP contribution is 2.31. The van der Waals surface area contributed by atoms with Crippen molar-refractivity contribution in [1.82, 2.24) is 14.9 Å². The fourth-order valence-corrected chi connectivity index (χ4v) is 3.62. The summed E-state index contributed by atoms with van der Waals surface area (Å²) in [4.78, 5) is 11.2. The molecule has 3 rings (SSSR count). The molecule has 0 aliphatic carbocycles. The zero-order valence-electron chi connectivity index (χ0n) is 13.5. The van der Waals surface area contributed by atoms with Crippen LogP contribution in [0.25, 0.3) is 10.9 Å². The molecular weight excluding hydrogens is 342 g/mol. The lowest BCUT2D eigenvalue weighted by molar-refractivity contribution is 0.114. The molecule has 1 aliphatic rings. The zero-order chi connectivity index (χ0) is 15.9. The Bertz CT molecular complexity index is 683. The van der Waals surface area contributed by atoms with Crippen LogP contribution in [-0.2, 0) is 0 Å². The van der Waals surface area contributed by atoms with Gasteiger partial charge in [0.25, 0.3) is 0 Å². The van der Waals surface area contributed by atoms with Crippen LogP contribution in [0.15, 0.2) is 29.0 Å². The first-order chi connectivity index (χ1) is 10.3. The average molecular weight is 364 g/mol. The zero-order valence-corrected chi connectivity index (χ0v) is 15.1. The highest BCUT2D eigenvalue weighted by Gasteiger charge is 2.37. The topological polar surface area (TPSA) is 38.3 Å². The Morgan fingerprint density at radius 2 is 2.05 bits per heavy atom. The van der Waals surface area contributed by atoms with Crippen LogP contribution in [0.4, 0.5) is 0 Å². The number of likely N-dealkylation sites (tertiary alicyclic amines) is 1. The van der Waals surface area contributed by atoms with E-state index in [-0.39, 0.29) is 11.6 Å². The van der Waals surface area contributed by atoms with E-state index in [1.165, 1.54) is 0 Å². The summed E-state index contributed by atoms with van der Waals surface area (Å²) < 4.78 is 7.24. The van der Waals surface area contributed by atoms with Gasteiger partial charge in [0, 0.05) is 29.0 Å². The highest BCUT2D eigenvalue weighted by atomic mass is 79.9. The standard InChI is InChI=1S/C17H22BrN3O/c1-11-7-13(9-21(11)17(2,3)4)22-16-14-8-12(18)5-6-15(14)19-10-20-16/h5-6,8,10-11,13H,7,9H2,1-4H3/t11-,13+/m0/s1. The molecule has 4 nitrogen and oxygen atoms in total. The Kier molecular flexibility index (Phi) is 4.12. The molecule has 2 atom stereocenters. The second kappa shape index (κ2) is 5.78. The van der Waals surface area contributed by atoms with E-state index in [1.807, 2.05) is 18.2 Å². The van der Waals surface area contributed by atoms with Crippen molar-refractivity contribution in [3.05, 3.63) is 29.0 Å². The van der Waals surface area contributed by atoms with E-state index in [4.69, 9.17) is 4.74 Å². The summed E-state index contributed by atoms with van der Waals surface area (Å²) in [7, 11) is 0. The van der Waals surface area contributed by atoms with Crippen LogP contribution >= 0.6 is 15.9 Å². The van der Waals surface area contributed by atoms with Crippen molar-refractivity contribution >= 4 is 26.8 Å². The minimum atomic E-state index is 0.161. The fraction of sp³-hybridized carbons (Fsp3) is 0.529. The van der Waals surface area contributed by atoms with Gasteiger partial charge in [-0.3, -0.25) is 4.90 Å². The maximum absolute atomic E-state index is 6.23. The quantitative estimate of drug-likeness (QED) is 0.807. The molecule has 1 fully saturated rings. The number of ether oxygens (including phenoxy) is 1. The second-order valence-electron chi connectivity index (χ2n) is 6.99. The number of halogens is 1. The molecule has 1 saturated heterocycles. The number of hydrogen-bond acceptors (Lipinski definition) is 4. The van der Waals surface area contributed by atoms with Crippen molar-refractivity contribution in [2.45, 2.75) is 51.8 Å². The molecule has 0 amide bonds. The van der Waals surface area contributed by atoms with Crippen molar-refractivity contribution in [2.75, 3.05) is 6.54 Å². The summed E-state index contributed by atoms with van der Waals surface area (Å²) in [5.41, 5.74) is 1.07. The first-order valence-electron chi connectivity index (χ1n) is 7.68. The third-order valence-electron chi connectivity index (χ3n) is 4.24. The van der Waals surface area contributed by atoms with Crippen LogP contribution < -0.4 is 4.74 Å². The van der Waals surface area contributed by atoms with Gasteiger partial charge in [-0.2, -0.15) is 0 Å². The summed E-state index contributed by atoms with van der Waals surface area (Å²) in [6.07, 6.45) is 2.77. The number of benzene rings is 1. The van der Waals surface area contributed by atoms with Crippen LogP contribution in [0.3, 0.4) is 0 Å². The lowest BCUT2D eigenvalue weighted by Gasteiger charge is -2.35. The molecule has 1 aromatic carbocycles. The average Bonchev–Trinajstić information content (AvgIpc) is 2.80. The summed E-state index contributed by atoms with van der Waals surface area (Å²) in [5, 5.41) is 0.957. The summed E-state index contributed by atoms with van der Waals surface area (Å²) in [6, 6.07) is 6.50. The monoisotopic (exact) mass is 363 g/mol. The van der Waals surface area contributed by atoms with E-state index >= 15 is 0 Å². The van der Waals surface area contributed by atoms with E-state index in [9.17, 15) is 0 Å². The first-order valence-corrected chi connectivity index (χ1v) is 8.47. The first kappa shape index (κ1) is 15.7. The predicted molar refractivity (Wildman–Crippen MR) is 92.2 cm³/mol. The molecule has 1 aliphatic heterocycles. The van der Waals surface area contributed by atoms with Gasteiger partial charge in [-0.25, -0.2) is 9.97 Å². The second-order valence-corrected chi connectivity index (χ2v) is 7.90. The Morgan fingerprint density at radius 3 is 2.73 bits per heavy atom. The molecule has 2 heterocycles. The SMILES string of the molecule is C[C@H]1C[C@@H](Oc2ncnc3ccc(Br)cc23)CN1C(C)(C)C. The van der Waals surface area contributed by atoms with E-state index in [0.717, 1.165) is 28.3 Å². The van der Waals surface area contributed by atoms with Crippen molar-refractivity contribution < 1.29 is 4.74 Å². The maximum atomic E-state index is 6.23. The van der Waals surface area contributed by atoms with Crippen LogP contribution in [0.2, 0.25) is 0 Å². The molecule has 0 bridgehead atoms. The smallest absolute Gasteiger partial charge is 0.224 e. The van der Waals surface area contributed by atoms with E-state index in [0.29, 0.717) is 11.9 Å². The maximum Gasteiger partial charge on any atom is 0.224 e. The summed E-state index contributed by atoms with van der Waals surface area (Å²) in [6.45, 7) is 9.96. The predicted octanol–water partition coefficient (Wildman–Crippen LogP) is 4.03. The van der Waals surface area contributed by atoms with Gasteiger partial charge in [0.1, 0.15) is 12.4 Å². The Labute approximate surface area is 140 Å². The molecule has 1 aromatic heterocycles.